The maximum Gasteiger partial charge on any atom is 0.301 e. The summed E-state index contributed by atoms with van der Waals surface area (Å²) in [6.07, 6.45) is 4.39. The van der Waals surface area contributed by atoms with Crippen LogP contribution in [0.5, 0.6) is 0 Å². The fraction of sp³-hybridized carbons (Fsp3) is 0.0714. The lowest BCUT2D eigenvalue weighted by Gasteiger charge is -2.06. The Labute approximate surface area is 136 Å². The molecule has 23 heavy (non-hydrogen) atoms. The van der Waals surface area contributed by atoms with Crippen molar-refractivity contribution in [2.24, 2.45) is 0 Å². The smallest absolute Gasteiger partial charge is 0.295 e. The molecule has 0 atom stereocenters. The minimum Gasteiger partial charge on any atom is -0.295 e. The van der Waals surface area contributed by atoms with E-state index in [1.807, 2.05) is 18.2 Å². The standard InChI is InChI=1S/C14H11N3O4S2/c1-23(20,21)12-7-4-6-11(13(12)17(18)19)22-14-15-9-10-5-2-3-8-16(10)14/h2-9H,1H3. The van der Waals surface area contributed by atoms with Crippen molar-refractivity contribution < 1.29 is 13.3 Å². The maximum absolute atomic E-state index is 11.8. The van der Waals surface area contributed by atoms with Crippen molar-refractivity contribution in [1.82, 2.24) is 9.38 Å². The number of nitrogens with zero attached hydrogens (tertiary/aromatic N) is 3. The van der Waals surface area contributed by atoms with Crippen molar-refractivity contribution in [2.75, 3.05) is 6.26 Å². The fourth-order valence-electron chi connectivity index (χ4n) is 2.16. The molecule has 0 bridgehead atoms. The van der Waals surface area contributed by atoms with E-state index in [1.165, 1.54) is 18.2 Å². The molecule has 7 nitrogen and oxygen atoms in total. The van der Waals surface area contributed by atoms with E-state index in [2.05, 4.69) is 4.98 Å². The molecular formula is C14H11N3O4S2. The van der Waals surface area contributed by atoms with Gasteiger partial charge in [0.1, 0.15) is 4.90 Å². The van der Waals surface area contributed by atoms with Crippen molar-refractivity contribution in [3.8, 4) is 0 Å². The van der Waals surface area contributed by atoms with E-state index in [0.717, 1.165) is 23.5 Å². The fourth-order valence-corrected chi connectivity index (χ4v) is 4.08. The molecule has 0 unspecified atom stereocenters. The zero-order chi connectivity index (χ0) is 16.6. The number of sulfone groups is 1. The predicted octanol–water partition coefficient (Wildman–Crippen LogP) is 2.80. The third-order valence-electron chi connectivity index (χ3n) is 3.15. The molecule has 0 aliphatic heterocycles. The molecule has 0 radical (unpaired) electrons. The largest absolute Gasteiger partial charge is 0.301 e. The number of rotatable bonds is 4. The lowest BCUT2D eigenvalue weighted by Crippen LogP contribution is -2.04. The number of benzene rings is 1. The molecule has 0 N–H and O–H groups in total. The average molecular weight is 349 g/mol. The Balaban J connectivity index is 2.15. The molecule has 118 valence electrons. The summed E-state index contributed by atoms with van der Waals surface area (Å²) in [6.45, 7) is 0. The Kier molecular flexibility index (Phi) is 3.82. The van der Waals surface area contributed by atoms with Gasteiger partial charge in [0.25, 0.3) is 0 Å². The van der Waals surface area contributed by atoms with E-state index in [9.17, 15) is 18.5 Å². The normalized spacial score (nSPS) is 11.7. The number of para-hydroxylation sites is 1. The molecule has 2 aromatic heterocycles. The van der Waals surface area contributed by atoms with Gasteiger partial charge in [-0.05, 0) is 36.0 Å². The average Bonchev–Trinajstić information content (AvgIpc) is 2.89. The van der Waals surface area contributed by atoms with Crippen LogP contribution in [0.4, 0.5) is 5.69 Å². The first kappa shape index (κ1) is 15.5. The van der Waals surface area contributed by atoms with Crippen molar-refractivity contribution in [3.05, 3.63) is 58.9 Å². The lowest BCUT2D eigenvalue weighted by atomic mass is 10.3. The summed E-state index contributed by atoms with van der Waals surface area (Å²) in [7, 11) is -3.70. The number of nitro groups is 1. The van der Waals surface area contributed by atoms with Crippen molar-refractivity contribution >= 4 is 32.8 Å². The van der Waals surface area contributed by atoms with Crippen LogP contribution >= 0.6 is 11.8 Å². The van der Waals surface area contributed by atoms with Crippen LogP contribution in [-0.4, -0.2) is 29.0 Å². The van der Waals surface area contributed by atoms with Crippen molar-refractivity contribution in [1.29, 1.82) is 0 Å². The lowest BCUT2D eigenvalue weighted by molar-refractivity contribution is -0.390. The number of nitro benzene ring substituents is 1. The van der Waals surface area contributed by atoms with Crippen LogP contribution in [0.2, 0.25) is 0 Å². The van der Waals surface area contributed by atoms with Crippen LogP contribution in [-0.2, 0) is 9.84 Å². The third kappa shape index (κ3) is 2.92. The van der Waals surface area contributed by atoms with Crippen LogP contribution < -0.4 is 0 Å². The summed E-state index contributed by atoms with van der Waals surface area (Å²) in [4.78, 5) is 14.9. The predicted molar refractivity (Wildman–Crippen MR) is 85.5 cm³/mol. The molecule has 1 aromatic carbocycles. The van der Waals surface area contributed by atoms with Gasteiger partial charge in [0.05, 0.1) is 21.5 Å². The second kappa shape index (κ2) is 5.67. The molecule has 0 amide bonds. The van der Waals surface area contributed by atoms with Gasteiger partial charge in [0.15, 0.2) is 15.0 Å². The SMILES string of the molecule is CS(=O)(=O)c1cccc(Sc2ncc3ccccn23)c1[N+](=O)[O-]. The number of hydrogen-bond donors (Lipinski definition) is 0. The van der Waals surface area contributed by atoms with Gasteiger partial charge in [0.2, 0.25) is 0 Å². The van der Waals surface area contributed by atoms with Gasteiger partial charge >= 0.3 is 5.69 Å². The van der Waals surface area contributed by atoms with Crippen LogP contribution in [0.25, 0.3) is 5.52 Å². The van der Waals surface area contributed by atoms with Gasteiger partial charge in [0, 0.05) is 12.5 Å². The highest BCUT2D eigenvalue weighted by Crippen LogP contribution is 2.38. The molecule has 0 saturated carbocycles. The first-order chi connectivity index (χ1) is 10.9. The Morgan fingerprint density at radius 2 is 2.00 bits per heavy atom. The number of aromatic nitrogens is 2. The Morgan fingerprint density at radius 1 is 1.22 bits per heavy atom. The second-order valence-corrected chi connectivity index (χ2v) is 7.76. The molecule has 3 rings (SSSR count). The summed E-state index contributed by atoms with van der Waals surface area (Å²) in [6, 6.07) is 9.78. The zero-order valence-corrected chi connectivity index (χ0v) is 13.5. The van der Waals surface area contributed by atoms with Crippen LogP contribution in [0.3, 0.4) is 0 Å². The molecule has 0 aliphatic carbocycles. The highest BCUT2D eigenvalue weighted by molar-refractivity contribution is 7.99. The topological polar surface area (TPSA) is 94.6 Å². The Hall–Kier alpha value is -2.39. The molecule has 2 heterocycles. The van der Waals surface area contributed by atoms with Crippen LogP contribution in [0, 0.1) is 10.1 Å². The van der Waals surface area contributed by atoms with Crippen LogP contribution in [0.15, 0.2) is 63.7 Å². The van der Waals surface area contributed by atoms with Gasteiger partial charge < -0.3 is 0 Å². The van der Waals surface area contributed by atoms with Gasteiger partial charge in [-0.1, -0.05) is 12.1 Å². The summed E-state index contributed by atoms with van der Waals surface area (Å²) >= 11 is 1.05. The summed E-state index contributed by atoms with van der Waals surface area (Å²) in [5.74, 6) is 0. The number of pyridine rings is 1. The number of imidazole rings is 1. The second-order valence-electron chi connectivity index (χ2n) is 4.77. The van der Waals surface area contributed by atoms with Crippen LogP contribution in [0.1, 0.15) is 0 Å². The van der Waals surface area contributed by atoms with Gasteiger partial charge in [-0.2, -0.15) is 0 Å². The molecule has 0 spiro atoms. The quantitative estimate of drug-likeness (QED) is 0.531. The van der Waals surface area contributed by atoms with Gasteiger partial charge in [-0.15, -0.1) is 0 Å². The van der Waals surface area contributed by atoms with E-state index in [0.29, 0.717) is 5.16 Å². The molecule has 0 saturated heterocycles. The summed E-state index contributed by atoms with van der Waals surface area (Å²) < 4.78 is 25.4. The first-order valence-corrected chi connectivity index (χ1v) is 9.16. The molecule has 0 fully saturated rings. The number of fused-ring (bicyclic) bond motifs is 1. The van der Waals surface area contributed by atoms with Gasteiger partial charge in [-0.3, -0.25) is 14.5 Å². The third-order valence-corrected chi connectivity index (χ3v) is 5.31. The van der Waals surface area contributed by atoms with E-state index in [4.69, 9.17) is 0 Å². The molecule has 9 heteroatoms. The first-order valence-electron chi connectivity index (χ1n) is 6.45. The molecule has 0 aliphatic rings. The van der Waals surface area contributed by atoms with E-state index in [1.54, 1.807) is 16.8 Å². The highest BCUT2D eigenvalue weighted by Gasteiger charge is 2.27. The molecular weight excluding hydrogens is 338 g/mol. The summed E-state index contributed by atoms with van der Waals surface area (Å²) in [5.41, 5.74) is 0.421. The van der Waals surface area contributed by atoms with Gasteiger partial charge in [-0.25, -0.2) is 13.4 Å². The monoisotopic (exact) mass is 349 g/mol. The number of hydrogen-bond acceptors (Lipinski definition) is 6. The van der Waals surface area contributed by atoms with Crippen molar-refractivity contribution in [2.45, 2.75) is 14.9 Å². The Morgan fingerprint density at radius 3 is 2.70 bits per heavy atom. The maximum atomic E-state index is 11.8. The molecule has 3 aromatic rings. The van der Waals surface area contributed by atoms with Crippen molar-refractivity contribution in [3.63, 3.8) is 0 Å². The minimum absolute atomic E-state index is 0.231. The van der Waals surface area contributed by atoms with E-state index in [-0.39, 0.29) is 9.79 Å². The minimum atomic E-state index is -3.70. The van der Waals surface area contributed by atoms with E-state index < -0.39 is 20.4 Å². The zero-order valence-electron chi connectivity index (χ0n) is 11.9. The highest BCUT2D eigenvalue weighted by atomic mass is 32.2. The van der Waals surface area contributed by atoms with E-state index >= 15 is 0 Å². The Bertz CT molecular complexity index is 1010. The summed E-state index contributed by atoms with van der Waals surface area (Å²) in [5, 5.41) is 11.9.